The van der Waals surface area contributed by atoms with E-state index in [1.54, 1.807) is 24.3 Å². The van der Waals surface area contributed by atoms with Crippen LogP contribution < -0.4 is 0 Å². The summed E-state index contributed by atoms with van der Waals surface area (Å²) in [5, 5.41) is 9.01. The van der Waals surface area contributed by atoms with Gasteiger partial charge in [-0.3, -0.25) is 0 Å². The topological polar surface area (TPSA) is 47.3 Å². The highest BCUT2D eigenvalue weighted by atomic mass is 19.4. The molecular weight excluding hydrogens is 285 g/mol. The molecular formula is C14H13F3N2O2. The number of hydrogen-bond acceptors (Lipinski definition) is 3. The number of aliphatic hydroxyl groups excluding tert-OH is 1. The summed E-state index contributed by atoms with van der Waals surface area (Å²) in [5.74, 6) is 0.264. The van der Waals surface area contributed by atoms with Gasteiger partial charge in [0.2, 0.25) is 0 Å². The van der Waals surface area contributed by atoms with E-state index in [-0.39, 0.29) is 18.5 Å². The summed E-state index contributed by atoms with van der Waals surface area (Å²) in [6, 6.07) is 6.52. The fourth-order valence-corrected chi connectivity index (χ4v) is 2.17. The molecule has 2 aromatic rings. The van der Waals surface area contributed by atoms with Crippen molar-refractivity contribution in [2.24, 2.45) is 0 Å². The molecule has 0 bridgehead atoms. The van der Waals surface area contributed by atoms with Crippen LogP contribution >= 0.6 is 0 Å². The van der Waals surface area contributed by atoms with E-state index in [1.165, 1.54) is 4.57 Å². The summed E-state index contributed by atoms with van der Waals surface area (Å²) >= 11 is 0. The van der Waals surface area contributed by atoms with Crippen LogP contribution in [0.3, 0.4) is 0 Å². The molecule has 1 saturated heterocycles. The first-order valence-corrected chi connectivity index (χ1v) is 6.43. The monoisotopic (exact) mass is 298 g/mol. The van der Waals surface area contributed by atoms with Crippen LogP contribution in [0.15, 0.2) is 30.5 Å². The van der Waals surface area contributed by atoms with Crippen molar-refractivity contribution in [1.29, 1.82) is 0 Å². The average Bonchev–Trinajstić information content (AvgIpc) is 2.81. The van der Waals surface area contributed by atoms with E-state index in [2.05, 4.69) is 4.98 Å². The van der Waals surface area contributed by atoms with Crippen molar-refractivity contribution in [2.45, 2.75) is 18.8 Å². The first-order valence-electron chi connectivity index (χ1n) is 6.43. The summed E-state index contributed by atoms with van der Waals surface area (Å²) in [4.78, 5) is 3.73. The molecule has 1 N–H and O–H groups in total. The quantitative estimate of drug-likeness (QED) is 0.947. The van der Waals surface area contributed by atoms with Gasteiger partial charge in [-0.2, -0.15) is 13.2 Å². The third-order valence-electron chi connectivity index (χ3n) is 3.43. The van der Waals surface area contributed by atoms with Crippen LogP contribution in [-0.4, -0.2) is 27.9 Å². The summed E-state index contributed by atoms with van der Waals surface area (Å²) in [6.07, 6.45) is -3.45. The van der Waals surface area contributed by atoms with E-state index >= 15 is 0 Å². The first-order chi connectivity index (χ1) is 9.99. The van der Waals surface area contributed by atoms with Gasteiger partial charge < -0.3 is 14.4 Å². The Morgan fingerprint density at radius 3 is 2.38 bits per heavy atom. The Morgan fingerprint density at radius 1 is 1.24 bits per heavy atom. The minimum absolute atomic E-state index is 0.112. The molecule has 21 heavy (non-hydrogen) atoms. The van der Waals surface area contributed by atoms with E-state index < -0.39 is 11.9 Å². The van der Waals surface area contributed by atoms with Crippen LogP contribution in [0, 0.1) is 0 Å². The number of hydrogen-bond donors (Lipinski definition) is 1. The lowest BCUT2D eigenvalue weighted by Crippen LogP contribution is -2.30. The third kappa shape index (κ3) is 2.66. The zero-order valence-electron chi connectivity index (χ0n) is 11.0. The number of imidazole rings is 1. The largest absolute Gasteiger partial charge is 0.434 e. The van der Waals surface area contributed by atoms with Gasteiger partial charge in [0.05, 0.1) is 25.9 Å². The van der Waals surface area contributed by atoms with Crippen LogP contribution in [0.1, 0.15) is 17.3 Å². The lowest BCUT2D eigenvalue weighted by Gasteiger charge is -2.28. The van der Waals surface area contributed by atoms with Gasteiger partial charge in [-0.1, -0.05) is 24.3 Å². The van der Waals surface area contributed by atoms with Gasteiger partial charge in [-0.15, -0.1) is 0 Å². The maximum atomic E-state index is 12.9. The Hall–Kier alpha value is -1.86. The number of ether oxygens (including phenoxy) is 1. The third-order valence-corrected chi connectivity index (χ3v) is 3.43. The lowest BCUT2D eigenvalue weighted by molar-refractivity contribution is -0.141. The SMILES string of the molecule is OCc1ccc(-c2nc(C(F)(F)F)cn2C2COC2)cc1. The Labute approximate surface area is 118 Å². The lowest BCUT2D eigenvalue weighted by atomic mass is 10.1. The smallest absolute Gasteiger partial charge is 0.392 e. The van der Waals surface area contributed by atoms with Crippen molar-refractivity contribution in [2.75, 3.05) is 13.2 Å². The zero-order chi connectivity index (χ0) is 15.0. The molecule has 0 spiro atoms. The van der Waals surface area contributed by atoms with Crippen molar-refractivity contribution in [3.05, 3.63) is 41.7 Å². The molecule has 0 amide bonds. The molecule has 1 fully saturated rings. The number of alkyl halides is 3. The van der Waals surface area contributed by atoms with Crippen molar-refractivity contribution in [3.63, 3.8) is 0 Å². The molecule has 1 aliphatic heterocycles. The van der Waals surface area contributed by atoms with Crippen molar-refractivity contribution in [1.82, 2.24) is 9.55 Å². The Morgan fingerprint density at radius 2 is 1.90 bits per heavy atom. The zero-order valence-corrected chi connectivity index (χ0v) is 11.0. The average molecular weight is 298 g/mol. The van der Waals surface area contributed by atoms with Gasteiger partial charge in [-0.05, 0) is 5.56 Å². The molecule has 0 radical (unpaired) electrons. The summed E-state index contributed by atoms with van der Waals surface area (Å²) in [6.45, 7) is 0.656. The minimum atomic E-state index is -4.48. The fourth-order valence-electron chi connectivity index (χ4n) is 2.17. The maximum absolute atomic E-state index is 12.9. The molecule has 0 aliphatic carbocycles. The van der Waals surface area contributed by atoms with Gasteiger partial charge >= 0.3 is 6.18 Å². The van der Waals surface area contributed by atoms with E-state index in [1.807, 2.05) is 0 Å². The standard InChI is InChI=1S/C14H13F3N2O2/c15-14(16,17)12-5-19(11-7-21-8-11)13(18-12)10-3-1-9(6-20)2-4-10/h1-5,11,20H,6-8H2. The van der Waals surface area contributed by atoms with E-state index in [0.29, 0.717) is 24.3 Å². The maximum Gasteiger partial charge on any atom is 0.434 e. The number of aromatic nitrogens is 2. The number of nitrogens with zero attached hydrogens (tertiary/aromatic N) is 2. The van der Waals surface area contributed by atoms with Crippen LogP contribution in [0.5, 0.6) is 0 Å². The molecule has 1 aromatic carbocycles. The van der Waals surface area contributed by atoms with Gasteiger partial charge in [0, 0.05) is 11.8 Å². The van der Waals surface area contributed by atoms with Crippen molar-refractivity contribution < 1.29 is 23.0 Å². The number of aliphatic hydroxyl groups is 1. The highest BCUT2D eigenvalue weighted by Crippen LogP contribution is 2.34. The minimum Gasteiger partial charge on any atom is -0.392 e. The molecule has 0 atom stereocenters. The van der Waals surface area contributed by atoms with Gasteiger partial charge in [0.25, 0.3) is 0 Å². The highest BCUT2D eigenvalue weighted by molar-refractivity contribution is 5.57. The second-order valence-electron chi connectivity index (χ2n) is 4.90. The first kappa shape index (κ1) is 14.1. The predicted octanol–water partition coefficient (Wildman–Crippen LogP) is 2.63. The van der Waals surface area contributed by atoms with Gasteiger partial charge in [-0.25, -0.2) is 4.98 Å². The molecule has 3 rings (SSSR count). The number of benzene rings is 1. The van der Waals surface area contributed by atoms with Crippen LogP contribution in [-0.2, 0) is 17.5 Å². The van der Waals surface area contributed by atoms with Gasteiger partial charge in [0.15, 0.2) is 5.69 Å². The summed E-state index contributed by atoms with van der Waals surface area (Å²) in [7, 11) is 0. The molecule has 1 aliphatic rings. The second-order valence-corrected chi connectivity index (χ2v) is 4.90. The number of rotatable bonds is 3. The highest BCUT2D eigenvalue weighted by Gasteiger charge is 2.36. The Kier molecular flexibility index (Phi) is 3.46. The molecule has 2 heterocycles. The van der Waals surface area contributed by atoms with Gasteiger partial charge in [0.1, 0.15) is 5.82 Å². The van der Waals surface area contributed by atoms with E-state index in [0.717, 1.165) is 6.20 Å². The number of halogens is 3. The van der Waals surface area contributed by atoms with Crippen LogP contribution in [0.4, 0.5) is 13.2 Å². The van der Waals surface area contributed by atoms with Crippen LogP contribution in [0.25, 0.3) is 11.4 Å². The van der Waals surface area contributed by atoms with E-state index in [4.69, 9.17) is 9.84 Å². The molecule has 1 aromatic heterocycles. The summed E-state index contributed by atoms with van der Waals surface area (Å²) in [5.41, 5.74) is 0.366. The molecule has 4 nitrogen and oxygen atoms in total. The van der Waals surface area contributed by atoms with Crippen LogP contribution in [0.2, 0.25) is 0 Å². The normalized spacial score (nSPS) is 16.0. The Balaban J connectivity index is 2.04. The van der Waals surface area contributed by atoms with Crippen molar-refractivity contribution >= 4 is 0 Å². The molecule has 0 unspecified atom stereocenters. The summed E-state index contributed by atoms with van der Waals surface area (Å²) < 4.78 is 45.1. The second kappa shape index (κ2) is 5.16. The molecule has 112 valence electrons. The molecule has 7 heteroatoms. The Bertz CT molecular complexity index is 631. The van der Waals surface area contributed by atoms with E-state index in [9.17, 15) is 13.2 Å². The predicted molar refractivity (Wildman–Crippen MR) is 68.4 cm³/mol. The fraction of sp³-hybridized carbons (Fsp3) is 0.357. The van der Waals surface area contributed by atoms with Crippen molar-refractivity contribution in [3.8, 4) is 11.4 Å². The molecule has 0 saturated carbocycles.